The van der Waals surface area contributed by atoms with Gasteiger partial charge < -0.3 is 5.32 Å². The Kier molecular flexibility index (Phi) is 4.79. The van der Waals surface area contributed by atoms with Gasteiger partial charge in [0.15, 0.2) is 0 Å². The van der Waals surface area contributed by atoms with Crippen LogP contribution in [0.4, 0.5) is 10.1 Å². The highest BCUT2D eigenvalue weighted by molar-refractivity contribution is 7.99. The molecule has 20 heavy (non-hydrogen) atoms. The van der Waals surface area contributed by atoms with Crippen LogP contribution in [0.25, 0.3) is 0 Å². The maximum atomic E-state index is 13.1. The molecule has 0 aliphatic heterocycles. The molecule has 4 heteroatoms. The van der Waals surface area contributed by atoms with Crippen LogP contribution in [0, 0.1) is 12.7 Å². The molecule has 0 atom stereocenters. The number of anilines is 1. The number of aryl methyl sites for hydroxylation is 1. The molecule has 0 saturated heterocycles. The molecule has 0 bridgehead atoms. The molecule has 0 heterocycles. The van der Waals surface area contributed by atoms with Crippen LogP contribution in [0.3, 0.4) is 0 Å². The van der Waals surface area contributed by atoms with Gasteiger partial charge in [0.25, 0.3) is 5.91 Å². The van der Waals surface area contributed by atoms with Crippen molar-refractivity contribution in [3.63, 3.8) is 0 Å². The van der Waals surface area contributed by atoms with E-state index in [1.807, 2.05) is 24.3 Å². The molecule has 0 unspecified atom stereocenters. The first-order chi connectivity index (χ1) is 9.61. The van der Waals surface area contributed by atoms with Crippen molar-refractivity contribution in [3.05, 3.63) is 59.4 Å². The standard InChI is InChI=1S/C16H16FNOS/c1-3-20-15-7-5-4-6-14(15)18-16(19)13-9-8-12(17)10-11(13)2/h4-10H,3H2,1-2H3,(H,18,19). The molecular formula is C16H16FNOS. The summed E-state index contributed by atoms with van der Waals surface area (Å²) < 4.78 is 13.1. The predicted octanol–water partition coefficient (Wildman–Crippen LogP) is 4.50. The van der Waals surface area contributed by atoms with E-state index in [9.17, 15) is 9.18 Å². The van der Waals surface area contributed by atoms with Crippen LogP contribution in [0.15, 0.2) is 47.4 Å². The monoisotopic (exact) mass is 289 g/mol. The van der Waals surface area contributed by atoms with Gasteiger partial charge >= 0.3 is 0 Å². The van der Waals surface area contributed by atoms with Crippen molar-refractivity contribution in [3.8, 4) is 0 Å². The summed E-state index contributed by atoms with van der Waals surface area (Å²) in [5, 5.41) is 2.89. The zero-order valence-corrected chi connectivity index (χ0v) is 12.3. The van der Waals surface area contributed by atoms with Crippen LogP contribution < -0.4 is 5.32 Å². The van der Waals surface area contributed by atoms with E-state index in [2.05, 4.69) is 12.2 Å². The number of carbonyl (C=O) groups excluding carboxylic acids is 1. The average molecular weight is 289 g/mol. The maximum Gasteiger partial charge on any atom is 0.255 e. The third kappa shape index (κ3) is 3.39. The molecule has 2 aromatic carbocycles. The summed E-state index contributed by atoms with van der Waals surface area (Å²) in [6, 6.07) is 11.8. The Labute approximate surface area is 122 Å². The first kappa shape index (κ1) is 14.6. The molecule has 0 aromatic heterocycles. The quantitative estimate of drug-likeness (QED) is 0.840. The highest BCUT2D eigenvalue weighted by atomic mass is 32.2. The number of hydrogen-bond acceptors (Lipinski definition) is 2. The van der Waals surface area contributed by atoms with Gasteiger partial charge in [-0.3, -0.25) is 4.79 Å². The third-order valence-corrected chi connectivity index (χ3v) is 3.82. The van der Waals surface area contributed by atoms with Crippen molar-refractivity contribution in [2.75, 3.05) is 11.1 Å². The molecule has 2 aromatic rings. The summed E-state index contributed by atoms with van der Waals surface area (Å²) in [5.41, 5.74) is 1.90. The van der Waals surface area contributed by atoms with E-state index in [-0.39, 0.29) is 11.7 Å². The molecule has 0 spiro atoms. The Bertz CT molecular complexity index is 628. The van der Waals surface area contributed by atoms with E-state index >= 15 is 0 Å². The fourth-order valence-corrected chi connectivity index (χ4v) is 2.68. The number of halogens is 1. The van der Waals surface area contributed by atoms with Gasteiger partial charge in [-0.05, 0) is 48.6 Å². The number of para-hydroxylation sites is 1. The van der Waals surface area contributed by atoms with E-state index in [1.54, 1.807) is 18.7 Å². The van der Waals surface area contributed by atoms with Crippen molar-refractivity contribution >= 4 is 23.4 Å². The largest absolute Gasteiger partial charge is 0.321 e. The number of carbonyl (C=O) groups is 1. The minimum absolute atomic E-state index is 0.216. The minimum atomic E-state index is -0.332. The highest BCUT2D eigenvalue weighted by Gasteiger charge is 2.11. The number of thioether (sulfide) groups is 1. The summed E-state index contributed by atoms with van der Waals surface area (Å²) in [7, 11) is 0. The average Bonchev–Trinajstić information content (AvgIpc) is 2.41. The van der Waals surface area contributed by atoms with Gasteiger partial charge in [0.2, 0.25) is 0 Å². The number of nitrogens with one attached hydrogen (secondary N) is 1. The van der Waals surface area contributed by atoms with Crippen LogP contribution >= 0.6 is 11.8 Å². The molecule has 2 rings (SSSR count). The van der Waals surface area contributed by atoms with Crippen molar-refractivity contribution in [2.24, 2.45) is 0 Å². The van der Waals surface area contributed by atoms with Crippen LogP contribution in [0.5, 0.6) is 0 Å². The Hall–Kier alpha value is -1.81. The zero-order chi connectivity index (χ0) is 14.5. The Morgan fingerprint density at radius 1 is 1.25 bits per heavy atom. The molecule has 0 saturated carbocycles. The van der Waals surface area contributed by atoms with Gasteiger partial charge in [-0.15, -0.1) is 11.8 Å². The lowest BCUT2D eigenvalue weighted by molar-refractivity contribution is 0.102. The third-order valence-electron chi connectivity index (χ3n) is 2.87. The zero-order valence-electron chi connectivity index (χ0n) is 11.4. The molecule has 2 nitrogen and oxygen atoms in total. The number of hydrogen-bond donors (Lipinski definition) is 1. The molecule has 104 valence electrons. The second-order valence-electron chi connectivity index (χ2n) is 4.34. The van der Waals surface area contributed by atoms with Gasteiger partial charge in [-0.25, -0.2) is 4.39 Å². The smallest absolute Gasteiger partial charge is 0.255 e. The first-order valence-electron chi connectivity index (χ1n) is 6.41. The molecule has 1 N–H and O–H groups in total. The molecular weight excluding hydrogens is 273 g/mol. The SMILES string of the molecule is CCSc1ccccc1NC(=O)c1ccc(F)cc1C. The topological polar surface area (TPSA) is 29.1 Å². The van der Waals surface area contributed by atoms with Crippen LogP contribution in [-0.2, 0) is 0 Å². The molecule has 0 aliphatic carbocycles. The minimum Gasteiger partial charge on any atom is -0.321 e. The number of rotatable bonds is 4. The molecule has 0 radical (unpaired) electrons. The molecule has 1 amide bonds. The van der Waals surface area contributed by atoms with Crippen molar-refractivity contribution in [1.82, 2.24) is 0 Å². The van der Waals surface area contributed by atoms with E-state index in [0.29, 0.717) is 11.1 Å². The van der Waals surface area contributed by atoms with E-state index in [1.165, 1.54) is 18.2 Å². The highest BCUT2D eigenvalue weighted by Crippen LogP contribution is 2.27. The van der Waals surface area contributed by atoms with Gasteiger partial charge in [0.05, 0.1) is 5.69 Å². The Morgan fingerprint density at radius 2 is 2.00 bits per heavy atom. The molecule has 0 fully saturated rings. The van der Waals surface area contributed by atoms with E-state index in [0.717, 1.165) is 16.3 Å². The fraction of sp³-hybridized carbons (Fsp3) is 0.188. The van der Waals surface area contributed by atoms with Crippen LogP contribution in [0.1, 0.15) is 22.8 Å². The first-order valence-corrected chi connectivity index (χ1v) is 7.39. The van der Waals surface area contributed by atoms with Crippen LogP contribution in [0.2, 0.25) is 0 Å². The Balaban J connectivity index is 2.23. The maximum absolute atomic E-state index is 13.1. The lowest BCUT2D eigenvalue weighted by atomic mass is 10.1. The van der Waals surface area contributed by atoms with Crippen molar-refractivity contribution in [1.29, 1.82) is 0 Å². The summed E-state index contributed by atoms with van der Waals surface area (Å²) in [4.78, 5) is 13.3. The fourth-order valence-electron chi connectivity index (χ4n) is 1.92. The summed E-state index contributed by atoms with van der Waals surface area (Å²) in [6.07, 6.45) is 0. The normalized spacial score (nSPS) is 10.3. The van der Waals surface area contributed by atoms with E-state index < -0.39 is 0 Å². The second kappa shape index (κ2) is 6.57. The van der Waals surface area contributed by atoms with Gasteiger partial charge in [-0.1, -0.05) is 19.1 Å². The number of benzene rings is 2. The van der Waals surface area contributed by atoms with Crippen molar-refractivity contribution < 1.29 is 9.18 Å². The lowest BCUT2D eigenvalue weighted by Crippen LogP contribution is -2.14. The van der Waals surface area contributed by atoms with Crippen molar-refractivity contribution in [2.45, 2.75) is 18.7 Å². The van der Waals surface area contributed by atoms with Gasteiger partial charge in [-0.2, -0.15) is 0 Å². The Morgan fingerprint density at radius 3 is 2.70 bits per heavy atom. The van der Waals surface area contributed by atoms with Crippen LogP contribution in [-0.4, -0.2) is 11.7 Å². The summed E-state index contributed by atoms with van der Waals surface area (Å²) in [6.45, 7) is 3.79. The summed E-state index contributed by atoms with van der Waals surface area (Å²) >= 11 is 1.67. The van der Waals surface area contributed by atoms with Gasteiger partial charge in [0.1, 0.15) is 5.82 Å². The lowest BCUT2D eigenvalue weighted by Gasteiger charge is -2.11. The molecule has 0 aliphatic rings. The predicted molar refractivity (Wildman–Crippen MR) is 81.9 cm³/mol. The number of amides is 1. The second-order valence-corrected chi connectivity index (χ2v) is 5.65. The van der Waals surface area contributed by atoms with E-state index in [4.69, 9.17) is 0 Å². The van der Waals surface area contributed by atoms with Gasteiger partial charge in [0, 0.05) is 10.5 Å². The summed E-state index contributed by atoms with van der Waals surface area (Å²) in [5.74, 6) is 0.385.